The highest BCUT2D eigenvalue weighted by molar-refractivity contribution is 5.65. The predicted octanol–water partition coefficient (Wildman–Crippen LogP) is 2.23. The summed E-state index contributed by atoms with van der Waals surface area (Å²) in [5.74, 6) is 0. The van der Waals surface area contributed by atoms with Crippen molar-refractivity contribution in [3.8, 4) is 0 Å². The van der Waals surface area contributed by atoms with E-state index in [4.69, 9.17) is 10.8 Å². The van der Waals surface area contributed by atoms with E-state index in [0.29, 0.717) is 6.61 Å². The molecule has 0 unspecified atom stereocenters. The number of aliphatic hydroxyl groups is 1. The molecular weight excluding hydrogens is 188 g/mol. The van der Waals surface area contributed by atoms with Crippen molar-refractivity contribution in [2.24, 2.45) is 0 Å². The van der Waals surface area contributed by atoms with Gasteiger partial charge in [-0.05, 0) is 25.0 Å². The standard InChI is InChI=1S/C12H20N2O/c13-11-7-3-4-8-12(11)14-9-5-1-2-6-10-15/h3-4,7-8,14-15H,1-2,5-6,9-10,13H2. The van der Waals surface area contributed by atoms with E-state index in [0.717, 1.165) is 43.6 Å². The second kappa shape index (κ2) is 7.12. The molecule has 0 radical (unpaired) electrons. The first-order valence-electron chi connectivity index (χ1n) is 5.54. The third kappa shape index (κ3) is 4.70. The van der Waals surface area contributed by atoms with Crippen LogP contribution in [0.3, 0.4) is 0 Å². The Kier molecular flexibility index (Phi) is 5.63. The lowest BCUT2D eigenvalue weighted by Crippen LogP contribution is -2.03. The number of aliphatic hydroxyl groups excluding tert-OH is 1. The number of benzene rings is 1. The van der Waals surface area contributed by atoms with Crippen LogP contribution in [0.2, 0.25) is 0 Å². The zero-order chi connectivity index (χ0) is 10.9. The largest absolute Gasteiger partial charge is 0.397 e. The van der Waals surface area contributed by atoms with E-state index >= 15 is 0 Å². The summed E-state index contributed by atoms with van der Waals surface area (Å²) >= 11 is 0. The summed E-state index contributed by atoms with van der Waals surface area (Å²) in [6.45, 7) is 1.25. The predicted molar refractivity (Wildman–Crippen MR) is 64.9 cm³/mol. The van der Waals surface area contributed by atoms with Gasteiger partial charge in [0, 0.05) is 13.2 Å². The molecule has 0 saturated carbocycles. The monoisotopic (exact) mass is 208 g/mol. The van der Waals surface area contributed by atoms with Crippen LogP contribution in [0.1, 0.15) is 25.7 Å². The summed E-state index contributed by atoms with van der Waals surface area (Å²) in [6, 6.07) is 7.80. The van der Waals surface area contributed by atoms with E-state index in [1.165, 1.54) is 0 Å². The third-order valence-electron chi connectivity index (χ3n) is 2.36. The second-order valence-electron chi connectivity index (χ2n) is 3.65. The molecule has 1 aromatic carbocycles. The van der Waals surface area contributed by atoms with E-state index in [2.05, 4.69) is 5.32 Å². The molecule has 84 valence electrons. The van der Waals surface area contributed by atoms with Gasteiger partial charge in [-0.3, -0.25) is 0 Å². The molecule has 0 spiro atoms. The van der Waals surface area contributed by atoms with Crippen molar-refractivity contribution in [1.82, 2.24) is 0 Å². The Bertz CT molecular complexity index is 276. The van der Waals surface area contributed by atoms with Gasteiger partial charge in [0.2, 0.25) is 0 Å². The summed E-state index contributed by atoms with van der Waals surface area (Å²) in [5, 5.41) is 11.9. The maximum absolute atomic E-state index is 8.61. The highest BCUT2D eigenvalue weighted by Gasteiger charge is 1.95. The highest BCUT2D eigenvalue weighted by Crippen LogP contribution is 2.16. The second-order valence-corrected chi connectivity index (χ2v) is 3.65. The molecule has 15 heavy (non-hydrogen) atoms. The molecule has 1 aromatic rings. The summed E-state index contributed by atoms with van der Waals surface area (Å²) in [5.41, 5.74) is 7.60. The molecule has 0 aliphatic rings. The smallest absolute Gasteiger partial charge is 0.0573 e. The van der Waals surface area contributed by atoms with Crippen LogP contribution >= 0.6 is 0 Å². The summed E-state index contributed by atoms with van der Waals surface area (Å²) < 4.78 is 0. The number of rotatable bonds is 7. The van der Waals surface area contributed by atoms with Crippen molar-refractivity contribution < 1.29 is 5.11 Å². The fraction of sp³-hybridized carbons (Fsp3) is 0.500. The molecule has 0 saturated heterocycles. The van der Waals surface area contributed by atoms with Gasteiger partial charge in [-0.25, -0.2) is 0 Å². The topological polar surface area (TPSA) is 58.3 Å². The Labute approximate surface area is 91.3 Å². The summed E-state index contributed by atoms with van der Waals surface area (Å²) in [6.07, 6.45) is 4.28. The fourth-order valence-corrected chi connectivity index (χ4v) is 1.47. The van der Waals surface area contributed by atoms with Crippen LogP contribution in [0.5, 0.6) is 0 Å². The van der Waals surface area contributed by atoms with Crippen molar-refractivity contribution in [3.05, 3.63) is 24.3 Å². The molecule has 0 heterocycles. The Hall–Kier alpha value is -1.22. The van der Waals surface area contributed by atoms with E-state index in [-0.39, 0.29) is 0 Å². The normalized spacial score (nSPS) is 10.2. The fourth-order valence-electron chi connectivity index (χ4n) is 1.47. The van der Waals surface area contributed by atoms with Crippen LogP contribution < -0.4 is 11.1 Å². The van der Waals surface area contributed by atoms with E-state index < -0.39 is 0 Å². The molecule has 0 amide bonds. The first kappa shape index (κ1) is 11.9. The quantitative estimate of drug-likeness (QED) is 0.476. The van der Waals surface area contributed by atoms with E-state index in [9.17, 15) is 0 Å². The van der Waals surface area contributed by atoms with Gasteiger partial charge in [0.05, 0.1) is 11.4 Å². The van der Waals surface area contributed by atoms with Gasteiger partial charge in [0.25, 0.3) is 0 Å². The SMILES string of the molecule is Nc1ccccc1NCCCCCCO. The summed E-state index contributed by atoms with van der Waals surface area (Å²) in [7, 11) is 0. The number of unbranched alkanes of at least 4 members (excludes halogenated alkanes) is 3. The first-order valence-corrected chi connectivity index (χ1v) is 5.54. The van der Waals surface area contributed by atoms with Gasteiger partial charge >= 0.3 is 0 Å². The molecule has 0 atom stereocenters. The lowest BCUT2D eigenvalue weighted by molar-refractivity contribution is 0.283. The number of anilines is 2. The molecule has 3 heteroatoms. The van der Waals surface area contributed by atoms with E-state index in [1.807, 2.05) is 24.3 Å². The number of nitrogens with one attached hydrogen (secondary N) is 1. The van der Waals surface area contributed by atoms with Crippen molar-refractivity contribution >= 4 is 11.4 Å². The molecule has 1 rings (SSSR count). The Morgan fingerprint density at radius 2 is 1.80 bits per heavy atom. The highest BCUT2D eigenvalue weighted by atomic mass is 16.2. The minimum Gasteiger partial charge on any atom is -0.397 e. The van der Waals surface area contributed by atoms with Crippen molar-refractivity contribution in [1.29, 1.82) is 0 Å². The molecule has 0 aromatic heterocycles. The average Bonchev–Trinajstić information content (AvgIpc) is 2.25. The average molecular weight is 208 g/mol. The first-order chi connectivity index (χ1) is 7.34. The Morgan fingerprint density at radius 3 is 2.53 bits per heavy atom. The van der Waals surface area contributed by atoms with Crippen molar-refractivity contribution in [3.63, 3.8) is 0 Å². The number of hydrogen-bond donors (Lipinski definition) is 3. The van der Waals surface area contributed by atoms with Crippen LogP contribution in [0.4, 0.5) is 11.4 Å². The lowest BCUT2D eigenvalue weighted by atomic mass is 10.2. The van der Waals surface area contributed by atoms with Crippen molar-refractivity contribution in [2.45, 2.75) is 25.7 Å². The van der Waals surface area contributed by atoms with Crippen LogP contribution in [0.15, 0.2) is 24.3 Å². The minimum absolute atomic E-state index is 0.305. The van der Waals surface area contributed by atoms with E-state index in [1.54, 1.807) is 0 Å². The zero-order valence-corrected chi connectivity index (χ0v) is 9.08. The van der Waals surface area contributed by atoms with Gasteiger partial charge < -0.3 is 16.2 Å². The number of para-hydroxylation sites is 2. The van der Waals surface area contributed by atoms with Gasteiger partial charge in [-0.2, -0.15) is 0 Å². The number of hydrogen-bond acceptors (Lipinski definition) is 3. The number of nitrogen functional groups attached to an aromatic ring is 1. The maximum atomic E-state index is 8.61. The molecule has 0 aliphatic carbocycles. The van der Waals surface area contributed by atoms with Gasteiger partial charge in [-0.15, -0.1) is 0 Å². The molecule has 4 N–H and O–H groups in total. The third-order valence-corrected chi connectivity index (χ3v) is 2.36. The minimum atomic E-state index is 0.305. The zero-order valence-electron chi connectivity index (χ0n) is 9.08. The molecule has 0 bridgehead atoms. The van der Waals surface area contributed by atoms with Gasteiger partial charge in [-0.1, -0.05) is 25.0 Å². The number of nitrogens with two attached hydrogens (primary N) is 1. The molecule has 0 aliphatic heterocycles. The lowest BCUT2D eigenvalue weighted by Gasteiger charge is -2.08. The Balaban J connectivity index is 2.12. The van der Waals surface area contributed by atoms with Crippen molar-refractivity contribution in [2.75, 3.05) is 24.2 Å². The van der Waals surface area contributed by atoms with Gasteiger partial charge in [0.15, 0.2) is 0 Å². The van der Waals surface area contributed by atoms with Crippen LogP contribution in [-0.4, -0.2) is 18.3 Å². The van der Waals surface area contributed by atoms with Crippen LogP contribution in [0.25, 0.3) is 0 Å². The summed E-state index contributed by atoms with van der Waals surface area (Å²) in [4.78, 5) is 0. The van der Waals surface area contributed by atoms with Crippen LogP contribution in [0, 0.1) is 0 Å². The molecular formula is C12H20N2O. The molecule has 0 fully saturated rings. The Morgan fingerprint density at radius 1 is 1.07 bits per heavy atom. The van der Waals surface area contributed by atoms with Gasteiger partial charge in [0.1, 0.15) is 0 Å². The maximum Gasteiger partial charge on any atom is 0.0573 e. The van der Waals surface area contributed by atoms with Crippen LogP contribution in [-0.2, 0) is 0 Å². The molecule has 3 nitrogen and oxygen atoms in total.